The Hall–Kier alpha value is -3.52. The van der Waals surface area contributed by atoms with Crippen LogP contribution in [0.1, 0.15) is 37.9 Å². The molecular weight excluding hydrogens is 438 g/mol. The molecule has 1 aliphatic heterocycles. The van der Waals surface area contributed by atoms with Gasteiger partial charge >= 0.3 is 0 Å². The van der Waals surface area contributed by atoms with Crippen LogP contribution < -0.4 is 9.47 Å². The normalized spacial score (nSPS) is 17.4. The Kier molecular flexibility index (Phi) is 8.17. The lowest BCUT2D eigenvalue weighted by Gasteiger charge is -2.25. The van der Waals surface area contributed by atoms with Gasteiger partial charge in [-0.2, -0.15) is 0 Å². The van der Waals surface area contributed by atoms with Gasteiger partial charge in [-0.25, -0.2) is 0 Å². The molecule has 1 amide bonds. The van der Waals surface area contributed by atoms with E-state index in [1.807, 2.05) is 13.8 Å². The van der Waals surface area contributed by atoms with Crippen LogP contribution in [-0.4, -0.2) is 60.3 Å². The highest BCUT2D eigenvalue weighted by atomic mass is 16.5. The molecule has 0 aromatic heterocycles. The van der Waals surface area contributed by atoms with Gasteiger partial charge in [0.1, 0.15) is 11.5 Å². The van der Waals surface area contributed by atoms with E-state index < -0.39 is 17.7 Å². The summed E-state index contributed by atoms with van der Waals surface area (Å²) in [6.07, 6.45) is 0. The number of hydrogen-bond acceptors (Lipinski definition) is 7. The van der Waals surface area contributed by atoms with Gasteiger partial charge in [0.25, 0.3) is 11.7 Å². The van der Waals surface area contributed by atoms with Gasteiger partial charge in [0.2, 0.25) is 0 Å². The first kappa shape index (κ1) is 25.1. The molecule has 2 aromatic rings. The van der Waals surface area contributed by atoms with E-state index in [2.05, 4.69) is 0 Å². The van der Waals surface area contributed by atoms with Crippen LogP contribution in [0.3, 0.4) is 0 Å². The van der Waals surface area contributed by atoms with Crippen molar-refractivity contribution in [1.29, 1.82) is 0 Å². The molecular formula is C26H31NO7. The monoisotopic (exact) mass is 469 g/mol. The van der Waals surface area contributed by atoms with Crippen LogP contribution in [0.4, 0.5) is 0 Å². The van der Waals surface area contributed by atoms with Gasteiger partial charge in [0.15, 0.2) is 11.5 Å². The Bertz CT molecular complexity index is 1060. The number of ketones is 1. The van der Waals surface area contributed by atoms with E-state index in [9.17, 15) is 19.8 Å². The molecule has 1 unspecified atom stereocenters. The molecule has 0 bridgehead atoms. The maximum atomic E-state index is 13.0. The van der Waals surface area contributed by atoms with Gasteiger partial charge in [-0.3, -0.25) is 9.59 Å². The number of likely N-dealkylation sites (tertiary alicyclic amines) is 1. The molecule has 8 nitrogen and oxygen atoms in total. The minimum atomic E-state index is -0.869. The van der Waals surface area contributed by atoms with Gasteiger partial charge < -0.3 is 29.3 Å². The Morgan fingerprint density at radius 1 is 1.09 bits per heavy atom. The Labute approximate surface area is 199 Å². The summed E-state index contributed by atoms with van der Waals surface area (Å²) in [5, 5.41) is 21.3. The largest absolute Gasteiger partial charge is 0.507 e. The molecule has 0 saturated carbocycles. The lowest BCUT2D eigenvalue weighted by Crippen LogP contribution is -2.32. The van der Waals surface area contributed by atoms with Crippen molar-refractivity contribution in [2.45, 2.75) is 26.8 Å². The zero-order chi connectivity index (χ0) is 24.8. The topological polar surface area (TPSA) is 106 Å². The van der Waals surface area contributed by atoms with E-state index in [-0.39, 0.29) is 36.0 Å². The number of rotatable bonds is 10. The van der Waals surface area contributed by atoms with E-state index in [4.69, 9.17) is 14.2 Å². The second kappa shape index (κ2) is 11.1. The standard InChI is InChI=1S/C26H31NO7/c1-5-33-21-14-18(8-11-20(21)28)23-22(25(30)26(31)27(23)12-13-32-4)24(29)17-6-9-19(10-7-17)34-15-16(2)3/h6-11,14,16,23,28-29H,5,12-13,15H2,1-4H3/b24-22+. The lowest BCUT2D eigenvalue weighted by molar-refractivity contribution is -0.140. The number of benzene rings is 2. The molecule has 2 aromatic carbocycles. The molecule has 0 spiro atoms. The molecule has 0 radical (unpaired) electrons. The number of aromatic hydroxyl groups is 1. The van der Waals surface area contributed by atoms with Crippen molar-refractivity contribution in [3.05, 3.63) is 59.2 Å². The van der Waals surface area contributed by atoms with E-state index in [1.54, 1.807) is 43.3 Å². The van der Waals surface area contributed by atoms with E-state index >= 15 is 0 Å². The summed E-state index contributed by atoms with van der Waals surface area (Å²) < 4.78 is 16.3. The van der Waals surface area contributed by atoms with E-state index in [0.29, 0.717) is 36.0 Å². The smallest absolute Gasteiger partial charge is 0.295 e. The van der Waals surface area contributed by atoms with Crippen molar-refractivity contribution in [1.82, 2.24) is 4.90 Å². The Morgan fingerprint density at radius 3 is 2.41 bits per heavy atom. The number of aliphatic hydroxyl groups is 1. The maximum Gasteiger partial charge on any atom is 0.295 e. The number of amides is 1. The third kappa shape index (κ3) is 5.34. The summed E-state index contributed by atoms with van der Waals surface area (Å²) >= 11 is 0. The van der Waals surface area contributed by atoms with Gasteiger partial charge in [-0.15, -0.1) is 0 Å². The first-order valence-corrected chi connectivity index (χ1v) is 11.2. The predicted octanol–water partition coefficient (Wildman–Crippen LogP) is 3.89. The second-order valence-corrected chi connectivity index (χ2v) is 8.37. The zero-order valence-electron chi connectivity index (χ0n) is 19.9. The molecule has 3 rings (SSSR count). The summed E-state index contributed by atoms with van der Waals surface area (Å²) in [7, 11) is 1.50. The SMILES string of the molecule is CCOc1cc(C2/C(=C(\O)c3ccc(OCC(C)C)cc3)C(=O)C(=O)N2CCOC)ccc1O. The number of carbonyl (C=O) groups excluding carboxylic acids is 2. The Morgan fingerprint density at radius 2 is 1.79 bits per heavy atom. The van der Waals surface area contributed by atoms with Crippen LogP contribution in [0.25, 0.3) is 5.76 Å². The lowest BCUT2D eigenvalue weighted by atomic mass is 9.95. The molecule has 2 N–H and O–H groups in total. The maximum absolute atomic E-state index is 13.0. The molecule has 8 heteroatoms. The summed E-state index contributed by atoms with van der Waals surface area (Å²) in [4.78, 5) is 27.3. The summed E-state index contributed by atoms with van der Waals surface area (Å²) in [6, 6.07) is 10.5. The molecule has 0 aliphatic carbocycles. The molecule has 34 heavy (non-hydrogen) atoms. The fraction of sp³-hybridized carbons (Fsp3) is 0.385. The number of aliphatic hydroxyl groups excluding tert-OH is 1. The predicted molar refractivity (Wildman–Crippen MR) is 127 cm³/mol. The summed E-state index contributed by atoms with van der Waals surface area (Å²) in [6.45, 7) is 7.11. The number of nitrogens with zero attached hydrogens (tertiary/aromatic N) is 1. The zero-order valence-corrected chi connectivity index (χ0v) is 19.9. The average molecular weight is 470 g/mol. The van der Waals surface area contributed by atoms with Gasteiger partial charge in [-0.1, -0.05) is 19.9 Å². The van der Waals surface area contributed by atoms with Crippen molar-refractivity contribution >= 4 is 17.4 Å². The fourth-order valence-corrected chi connectivity index (χ4v) is 3.75. The molecule has 182 valence electrons. The molecule has 1 saturated heterocycles. The second-order valence-electron chi connectivity index (χ2n) is 8.37. The highest BCUT2D eigenvalue weighted by Gasteiger charge is 2.46. The first-order valence-electron chi connectivity index (χ1n) is 11.2. The number of ether oxygens (including phenoxy) is 3. The van der Waals surface area contributed by atoms with Gasteiger partial charge in [0, 0.05) is 19.2 Å². The van der Waals surface area contributed by atoms with Crippen LogP contribution >= 0.6 is 0 Å². The number of hydrogen-bond donors (Lipinski definition) is 2. The fourth-order valence-electron chi connectivity index (χ4n) is 3.75. The van der Waals surface area contributed by atoms with E-state index in [1.165, 1.54) is 18.1 Å². The third-order valence-corrected chi connectivity index (χ3v) is 5.39. The minimum absolute atomic E-state index is 0.0370. The molecule has 1 atom stereocenters. The first-order chi connectivity index (χ1) is 16.3. The Balaban J connectivity index is 2.07. The summed E-state index contributed by atoms with van der Waals surface area (Å²) in [5.74, 6) is -0.633. The van der Waals surface area contributed by atoms with Gasteiger partial charge in [0.05, 0.1) is 31.4 Å². The number of phenols is 1. The number of carbonyl (C=O) groups is 2. The van der Waals surface area contributed by atoms with Crippen molar-refractivity contribution in [2.24, 2.45) is 5.92 Å². The highest BCUT2D eigenvalue weighted by molar-refractivity contribution is 6.46. The number of methoxy groups -OCH3 is 1. The van der Waals surface area contributed by atoms with Crippen LogP contribution in [0.15, 0.2) is 48.0 Å². The van der Waals surface area contributed by atoms with Crippen molar-refractivity contribution in [3.63, 3.8) is 0 Å². The molecule has 1 aliphatic rings. The molecule has 1 heterocycles. The number of phenolic OH excluding ortho intramolecular Hbond substituents is 1. The van der Waals surface area contributed by atoms with Crippen molar-refractivity contribution in [3.8, 4) is 17.2 Å². The van der Waals surface area contributed by atoms with E-state index in [0.717, 1.165) is 0 Å². The van der Waals surface area contributed by atoms with Crippen LogP contribution in [0, 0.1) is 5.92 Å². The molecule has 1 fully saturated rings. The van der Waals surface area contributed by atoms with Crippen LogP contribution in [-0.2, 0) is 14.3 Å². The quantitative estimate of drug-likeness (QED) is 0.309. The highest BCUT2D eigenvalue weighted by Crippen LogP contribution is 2.41. The number of Topliss-reactive ketones (excluding diaryl/α,β-unsaturated/α-hetero) is 1. The van der Waals surface area contributed by atoms with Crippen molar-refractivity contribution < 1.29 is 34.0 Å². The average Bonchev–Trinajstić information content (AvgIpc) is 3.07. The van der Waals surface area contributed by atoms with Crippen LogP contribution in [0.5, 0.6) is 17.2 Å². The van der Waals surface area contributed by atoms with Gasteiger partial charge in [-0.05, 0) is 54.8 Å². The van der Waals surface area contributed by atoms with Crippen molar-refractivity contribution in [2.75, 3.05) is 33.5 Å². The minimum Gasteiger partial charge on any atom is -0.507 e. The third-order valence-electron chi connectivity index (χ3n) is 5.39. The van der Waals surface area contributed by atoms with Crippen LogP contribution in [0.2, 0.25) is 0 Å². The summed E-state index contributed by atoms with van der Waals surface area (Å²) in [5.41, 5.74) is 0.871.